The Balaban J connectivity index is 1.54. The average molecular weight is 707 g/mol. The molecule has 13 heteroatoms. The third-order valence-electron chi connectivity index (χ3n) is 7.67. The van der Waals surface area contributed by atoms with Crippen molar-refractivity contribution >= 4 is 27.4 Å². The summed E-state index contributed by atoms with van der Waals surface area (Å²) >= 11 is 1.44. The van der Waals surface area contributed by atoms with Gasteiger partial charge in [-0.05, 0) is 72.0 Å². The van der Waals surface area contributed by atoms with Gasteiger partial charge in [-0.25, -0.2) is 9.47 Å². The Labute approximate surface area is 281 Å². The Hall–Kier alpha value is -3.03. The van der Waals surface area contributed by atoms with Crippen molar-refractivity contribution in [2.45, 2.75) is 98.1 Å². The second-order valence-electron chi connectivity index (χ2n) is 12.6. The van der Waals surface area contributed by atoms with E-state index in [1.54, 1.807) is 53.0 Å². The summed E-state index contributed by atoms with van der Waals surface area (Å²) in [6, 6.07) is 13.0. The first-order valence-electron chi connectivity index (χ1n) is 15.9. The molecule has 0 bridgehead atoms. The lowest BCUT2D eigenvalue weighted by Gasteiger charge is -2.28. The number of aryl methyl sites for hydroxylation is 1. The summed E-state index contributed by atoms with van der Waals surface area (Å²) in [6.45, 7) is 7.41. The molecule has 6 nitrogen and oxygen atoms in total. The van der Waals surface area contributed by atoms with E-state index >= 15 is 0 Å². The Morgan fingerprint density at radius 1 is 0.854 bits per heavy atom. The first-order valence-corrected chi connectivity index (χ1v) is 16.7. The maximum atomic E-state index is 14.2. The number of hydrogen-bond acceptors (Lipinski definition) is 7. The van der Waals surface area contributed by atoms with Gasteiger partial charge in [-0.15, -0.1) is 20.1 Å². The minimum absolute atomic E-state index is 0.200. The number of carbonyl (C=O) groups is 1. The summed E-state index contributed by atoms with van der Waals surface area (Å²) in [6.07, 6.45) is -12.7. The van der Waals surface area contributed by atoms with E-state index in [9.17, 15) is 31.1 Å². The number of ether oxygens (including phenoxy) is 5. The zero-order valence-electron chi connectivity index (χ0n) is 28.1. The van der Waals surface area contributed by atoms with Gasteiger partial charge < -0.3 is 14.2 Å². The Bertz CT molecular complexity index is 1490. The minimum atomic E-state index is -5.35. The SMILES string of the molecule is CCCCCc1ccc(-c2cc3ccc(OCCC(F)(F)OC(F)(F)OC(F)(F)CCOC(=O)C(CC)C(C)(C)C)cc3s2)c(OC)c1. The van der Waals surface area contributed by atoms with Crippen molar-refractivity contribution in [3.63, 3.8) is 0 Å². The molecule has 0 spiro atoms. The van der Waals surface area contributed by atoms with Gasteiger partial charge in [0.05, 0.1) is 39.1 Å². The van der Waals surface area contributed by atoms with Crippen LogP contribution in [0.3, 0.4) is 0 Å². The normalized spacial score (nSPS) is 13.5. The van der Waals surface area contributed by atoms with E-state index in [0.717, 1.165) is 52.0 Å². The number of methoxy groups -OCH3 is 1. The van der Waals surface area contributed by atoms with Crippen LogP contribution < -0.4 is 9.47 Å². The molecule has 1 heterocycles. The summed E-state index contributed by atoms with van der Waals surface area (Å²) in [5.74, 6) is -0.463. The molecule has 0 saturated carbocycles. The maximum Gasteiger partial charge on any atom is 0.494 e. The van der Waals surface area contributed by atoms with E-state index in [0.29, 0.717) is 6.42 Å². The molecule has 1 aromatic heterocycles. The van der Waals surface area contributed by atoms with Crippen molar-refractivity contribution in [3.05, 3.63) is 48.0 Å². The van der Waals surface area contributed by atoms with Gasteiger partial charge in [0.1, 0.15) is 11.5 Å². The Kier molecular flexibility index (Phi) is 13.6. The molecule has 0 aliphatic rings. The number of benzene rings is 2. The molecule has 3 rings (SSSR count). The first-order chi connectivity index (χ1) is 22.4. The molecular weight excluding hydrogens is 662 g/mol. The zero-order chi connectivity index (χ0) is 35.8. The third kappa shape index (κ3) is 11.8. The van der Waals surface area contributed by atoms with Gasteiger partial charge in [0.25, 0.3) is 0 Å². The van der Waals surface area contributed by atoms with E-state index < -0.39 is 61.9 Å². The van der Waals surface area contributed by atoms with Gasteiger partial charge in [0, 0.05) is 15.1 Å². The van der Waals surface area contributed by atoms with Crippen molar-refractivity contribution in [2.75, 3.05) is 20.3 Å². The fraction of sp³-hybridized carbons (Fsp3) is 0.571. The van der Waals surface area contributed by atoms with Gasteiger partial charge in [0.2, 0.25) is 0 Å². The predicted octanol–water partition coefficient (Wildman–Crippen LogP) is 10.9. The maximum absolute atomic E-state index is 14.2. The molecule has 0 aliphatic carbocycles. The van der Waals surface area contributed by atoms with Gasteiger partial charge in [-0.2, -0.15) is 17.6 Å². The number of unbranched alkanes of at least 4 members (excludes halogenated alkanes) is 2. The number of alkyl halides is 6. The Morgan fingerprint density at radius 3 is 2.12 bits per heavy atom. The van der Waals surface area contributed by atoms with Crippen LogP contribution in [-0.4, -0.2) is 44.8 Å². The summed E-state index contributed by atoms with van der Waals surface area (Å²) < 4.78 is 108. The van der Waals surface area contributed by atoms with E-state index in [1.807, 2.05) is 18.2 Å². The van der Waals surface area contributed by atoms with Gasteiger partial charge >= 0.3 is 24.5 Å². The third-order valence-corrected chi connectivity index (χ3v) is 8.80. The lowest BCUT2D eigenvalue weighted by molar-refractivity contribution is -0.514. The fourth-order valence-electron chi connectivity index (χ4n) is 5.17. The number of carbonyl (C=O) groups excluding carboxylic acids is 1. The van der Waals surface area contributed by atoms with Crippen LogP contribution >= 0.6 is 11.3 Å². The van der Waals surface area contributed by atoms with Gasteiger partial charge in [0.15, 0.2) is 0 Å². The second kappa shape index (κ2) is 16.6. The molecule has 0 fully saturated rings. The molecule has 3 aromatic rings. The predicted molar refractivity (Wildman–Crippen MR) is 173 cm³/mol. The summed E-state index contributed by atoms with van der Waals surface area (Å²) in [4.78, 5) is 13.1. The van der Waals surface area contributed by atoms with Crippen LogP contribution in [0.2, 0.25) is 0 Å². The quantitative estimate of drug-likeness (QED) is 0.0535. The molecule has 0 N–H and O–H groups in total. The molecule has 2 aromatic carbocycles. The highest BCUT2D eigenvalue weighted by atomic mass is 32.1. The molecule has 0 radical (unpaired) electrons. The monoisotopic (exact) mass is 706 g/mol. The highest BCUT2D eigenvalue weighted by Gasteiger charge is 2.52. The van der Waals surface area contributed by atoms with Crippen molar-refractivity contribution in [1.29, 1.82) is 0 Å². The smallest absolute Gasteiger partial charge is 0.494 e. The summed E-state index contributed by atoms with van der Waals surface area (Å²) in [5, 5.41) is 0.872. The zero-order valence-corrected chi connectivity index (χ0v) is 28.9. The number of rotatable bonds is 19. The average Bonchev–Trinajstić information content (AvgIpc) is 3.38. The first kappa shape index (κ1) is 39.4. The highest BCUT2D eigenvalue weighted by Crippen LogP contribution is 2.41. The Morgan fingerprint density at radius 2 is 1.52 bits per heavy atom. The molecule has 268 valence electrons. The van der Waals surface area contributed by atoms with Crippen LogP contribution in [0.1, 0.15) is 78.7 Å². The number of esters is 1. The number of fused-ring (bicyclic) bond motifs is 1. The largest absolute Gasteiger partial charge is 0.496 e. The van der Waals surface area contributed by atoms with Crippen LogP contribution in [-0.2, 0) is 25.4 Å². The molecule has 1 unspecified atom stereocenters. The number of halogens is 6. The molecule has 48 heavy (non-hydrogen) atoms. The molecule has 0 amide bonds. The fourth-order valence-corrected chi connectivity index (χ4v) is 6.29. The number of hydrogen-bond donors (Lipinski definition) is 0. The topological polar surface area (TPSA) is 63.2 Å². The standard InChI is InChI=1S/C35H44F6O6S/c1-7-9-10-11-23-12-15-26(28(20-23)43-6)30-21-24-13-14-25(22-29(24)48-30)44-18-16-33(36,37)46-35(40,41)47-34(38,39)17-19-45-31(42)27(8-2)32(3,4)5/h12-15,20-22,27H,7-11,16-19H2,1-6H3. The summed E-state index contributed by atoms with van der Waals surface area (Å²) in [5.41, 5.74) is 1.56. The van der Waals surface area contributed by atoms with Gasteiger partial charge in [-0.1, -0.05) is 53.5 Å². The minimum Gasteiger partial charge on any atom is -0.496 e. The second-order valence-corrected chi connectivity index (χ2v) is 13.7. The van der Waals surface area contributed by atoms with Crippen molar-refractivity contribution < 1.29 is 54.8 Å². The molecular formula is C35H44F6O6S. The highest BCUT2D eigenvalue weighted by molar-refractivity contribution is 7.22. The summed E-state index contributed by atoms with van der Waals surface area (Å²) in [7, 11) is 1.61. The van der Waals surface area contributed by atoms with Crippen molar-refractivity contribution in [1.82, 2.24) is 0 Å². The number of thiophene rings is 1. The van der Waals surface area contributed by atoms with Crippen LogP contribution in [0.25, 0.3) is 20.5 Å². The van der Waals surface area contributed by atoms with E-state index in [4.69, 9.17) is 14.2 Å². The van der Waals surface area contributed by atoms with Crippen molar-refractivity contribution in [2.24, 2.45) is 11.3 Å². The van der Waals surface area contributed by atoms with Gasteiger partial charge in [-0.3, -0.25) is 4.79 Å². The lowest BCUT2D eigenvalue weighted by Crippen LogP contribution is -2.41. The van der Waals surface area contributed by atoms with Crippen LogP contribution in [0.4, 0.5) is 26.3 Å². The van der Waals surface area contributed by atoms with Crippen molar-refractivity contribution in [3.8, 4) is 21.9 Å². The van der Waals surface area contributed by atoms with E-state index in [1.165, 1.54) is 16.9 Å². The van der Waals surface area contributed by atoms with Crippen LogP contribution in [0.5, 0.6) is 11.5 Å². The molecule has 1 atom stereocenters. The van der Waals surface area contributed by atoms with E-state index in [2.05, 4.69) is 22.5 Å². The lowest BCUT2D eigenvalue weighted by atomic mass is 9.79. The van der Waals surface area contributed by atoms with Crippen LogP contribution in [0.15, 0.2) is 42.5 Å². The molecule has 0 saturated heterocycles. The van der Waals surface area contributed by atoms with Crippen LogP contribution in [0, 0.1) is 11.3 Å². The van der Waals surface area contributed by atoms with E-state index in [-0.39, 0.29) is 5.75 Å². The molecule has 0 aliphatic heterocycles.